The molecule has 1 aliphatic rings. The Hall–Kier alpha value is -1.89. The summed E-state index contributed by atoms with van der Waals surface area (Å²) in [6.07, 6.45) is 1.76. The number of amides is 1. The third-order valence-electron chi connectivity index (χ3n) is 3.31. The van der Waals surface area contributed by atoms with Gasteiger partial charge in [-0.05, 0) is 31.5 Å². The molecule has 1 unspecified atom stereocenters. The SMILES string of the molecule is COc1ccc(NC(=O)C2CCCNC2)cc1OC(F)F. The molecule has 1 fully saturated rings. The van der Waals surface area contributed by atoms with E-state index in [1.807, 2.05) is 0 Å². The highest BCUT2D eigenvalue weighted by Crippen LogP contribution is 2.31. The summed E-state index contributed by atoms with van der Waals surface area (Å²) in [4.78, 5) is 12.1. The fourth-order valence-corrected chi connectivity index (χ4v) is 2.26. The Morgan fingerprint density at radius 3 is 2.86 bits per heavy atom. The van der Waals surface area contributed by atoms with E-state index in [4.69, 9.17) is 4.74 Å². The van der Waals surface area contributed by atoms with Crippen molar-refractivity contribution >= 4 is 11.6 Å². The van der Waals surface area contributed by atoms with Crippen LogP contribution in [-0.4, -0.2) is 32.7 Å². The van der Waals surface area contributed by atoms with Crippen molar-refractivity contribution in [2.24, 2.45) is 5.92 Å². The Morgan fingerprint density at radius 1 is 1.43 bits per heavy atom. The lowest BCUT2D eigenvalue weighted by Gasteiger charge is -2.22. The number of piperidine rings is 1. The lowest BCUT2D eigenvalue weighted by molar-refractivity contribution is -0.120. The van der Waals surface area contributed by atoms with Crippen LogP contribution in [0.25, 0.3) is 0 Å². The van der Waals surface area contributed by atoms with Crippen LogP contribution in [0.15, 0.2) is 18.2 Å². The van der Waals surface area contributed by atoms with E-state index >= 15 is 0 Å². The molecule has 7 heteroatoms. The van der Waals surface area contributed by atoms with Crippen molar-refractivity contribution in [1.29, 1.82) is 0 Å². The normalized spacial score (nSPS) is 18.4. The van der Waals surface area contributed by atoms with E-state index in [-0.39, 0.29) is 23.3 Å². The maximum atomic E-state index is 12.3. The van der Waals surface area contributed by atoms with Gasteiger partial charge in [0.05, 0.1) is 13.0 Å². The van der Waals surface area contributed by atoms with Crippen molar-refractivity contribution in [3.8, 4) is 11.5 Å². The van der Waals surface area contributed by atoms with Crippen LogP contribution < -0.4 is 20.1 Å². The Labute approximate surface area is 121 Å². The molecular weight excluding hydrogens is 282 g/mol. The van der Waals surface area contributed by atoms with Crippen molar-refractivity contribution < 1.29 is 23.0 Å². The maximum Gasteiger partial charge on any atom is 0.387 e. The molecule has 21 heavy (non-hydrogen) atoms. The second kappa shape index (κ2) is 7.21. The van der Waals surface area contributed by atoms with E-state index in [1.165, 1.54) is 19.2 Å². The Balaban J connectivity index is 2.07. The average molecular weight is 300 g/mol. The molecule has 0 saturated carbocycles. The van der Waals surface area contributed by atoms with Crippen molar-refractivity contribution in [2.45, 2.75) is 19.5 Å². The smallest absolute Gasteiger partial charge is 0.387 e. The molecule has 0 aliphatic carbocycles. The second-order valence-corrected chi connectivity index (χ2v) is 4.78. The molecule has 0 aromatic heterocycles. The number of alkyl halides is 2. The number of rotatable bonds is 5. The van der Waals surface area contributed by atoms with E-state index in [1.54, 1.807) is 6.07 Å². The van der Waals surface area contributed by atoms with Gasteiger partial charge < -0.3 is 20.1 Å². The molecule has 1 atom stereocenters. The average Bonchev–Trinajstić information content (AvgIpc) is 2.48. The molecular formula is C14H18F2N2O3. The fourth-order valence-electron chi connectivity index (χ4n) is 2.26. The number of ether oxygens (including phenoxy) is 2. The van der Waals surface area contributed by atoms with Gasteiger partial charge in [-0.1, -0.05) is 0 Å². The third-order valence-corrected chi connectivity index (χ3v) is 3.31. The molecule has 5 nitrogen and oxygen atoms in total. The predicted octanol–water partition coefficient (Wildman–Crippen LogP) is 2.23. The highest BCUT2D eigenvalue weighted by atomic mass is 19.3. The van der Waals surface area contributed by atoms with Crippen LogP contribution in [0.1, 0.15) is 12.8 Å². The lowest BCUT2D eigenvalue weighted by Crippen LogP contribution is -2.37. The summed E-state index contributed by atoms with van der Waals surface area (Å²) in [5.41, 5.74) is 0.405. The minimum absolute atomic E-state index is 0.105. The summed E-state index contributed by atoms with van der Waals surface area (Å²) in [6, 6.07) is 4.40. The topological polar surface area (TPSA) is 59.6 Å². The largest absolute Gasteiger partial charge is 0.493 e. The molecule has 1 saturated heterocycles. The summed E-state index contributed by atoms with van der Waals surface area (Å²) in [5.74, 6) is -0.157. The minimum Gasteiger partial charge on any atom is -0.493 e. The predicted molar refractivity (Wildman–Crippen MR) is 73.8 cm³/mol. The molecule has 1 aromatic rings. The number of benzene rings is 1. The Kier molecular flexibility index (Phi) is 5.32. The van der Waals surface area contributed by atoms with Gasteiger partial charge in [-0.25, -0.2) is 0 Å². The van der Waals surface area contributed by atoms with Gasteiger partial charge >= 0.3 is 6.61 Å². The molecule has 2 rings (SSSR count). The first kappa shape index (κ1) is 15.5. The molecule has 0 spiro atoms. The number of hydrogen-bond acceptors (Lipinski definition) is 4. The summed E-state index contributed by atoms with van der Waals surface area (Å²) in [6.45, 7) is -1.41. The lowest BCUT2D eigenvalue weighted by atomic mass is 9.99. The summed E-state index contributed by atoms with van der Waals surface area (Å²) < 4.78 is 34.0. The molecule has 1 aliphatic heterocycles. The van der Waals surface area contributed by atoms with Crippen LogP contribution in [0.4, 0.5) is 14.5 Å². The molecule has 116 valence electrons. The molecule has 1 amide bonds. The zero-order chi connectivity index (χ0) is 15.2. The highest BCUT2D eigenvalue weighted by Gasteiger charge is 2.21. The first-order valence-corrected chi connectivity index (χ1v) is 6.74. The first-order valence-electron chi connectivity index (χ1n) is 6.74. The summed E-state index contributed by atoms with van der Waals surface area (Å²) in [5, 5.41) is 5.87. The maximum absolute atomic E-state index is 12.3. The number of halogens is 2. The highest BCUT2D eigenvalue weighted by molar-refractivity contribution is 5.93. The van der Waals surface area contributed by atoms with Gasteiger partial charge in [0.2, 0.25) is 5.91 Å². The second-order valence-electron chi connectivity index (χ2n) is 4.78. The van der Waals surface area contributed by atoms with Crippen molar-refractivity contribution in [3.05, 3.63) is 18.2 Å². The van der Waals surface area contributed by atoms with Gasteiger partial charge in [0, 0.05) is 18.3 Å². The van der Waals surface area contributed by atoms with Gasteiger partial charge in [-0.3, -0.25) is 4.79 Å². The van der Waals surface area contributed by atoms with Crippen LogP contribution in [0, 0.1) is 5.92 Å². The number of hydrogen-bond donors (Lipinski definition) is 2. The Bertz CT molecular complexity index is 491. The van der Waals surface area contributed by atoms with Crippen molar-refractivity contribution in [1.82, 2.24) is 5.32 Å². The van der Waals surface area contributed by atoms with E-state index in [0.29, 0.717) is 12.2 Å². The van der Waals surface area contributed by atoms with E-state index in [0.717, 1.165) is 19.4 Å². The van der Waals surface area contributed by atoms with Gasteiger partial charge in [-0.15, -0.1) is 0 Å². The first-order chi connectivity index (χ1) is 10.1. The van der Waals surface area contributed by atoms with Gasteiger partial charge in [-0.2, -0.15) is 8.78 Å². The minimum atomic E-state index is -2.95. The monoisotopic (exact) mass is 300 g/mol. The van der Waals surface area contributed by atoms with Crippen LogP contribution in [0.5, 0.6) is 11.5 Å². The van der Waals surface area contributed by atoms with Crippen LogP contribution >= 0.6 is 0 Å². The summed E-state index contributed by atoms with van der Waals surface area (Å²) >= 11 is 0. The van der Waals surface area contributed by atoms with E-state index in [9.17, 15) is 13.6 Å². The fraction of sp³-hybridized carbons (Fsp3) is 0.500. The van der Waals surface area contributed by atoms with Crippen molar-refractivity contribution in [3.63, 3.8) is 0 Å². The quantitative estimate of drug-likeness (QED) is 0.875. The van der Waals surface area contributed by atoms with E-state index in [2.05, 4.69) is 15.4 Å². The molecule has 1 aromatic carbocycles. The summed E-state index contributed by atoms with van der Waals surface area (Å²) in [7, 11) is 1.36. The number of anilines is 1. The van der Waals surface area contributed by atoms with Gasteiger partial charge in [0.1, 0.15) is 0 Å². The zero-order valence-electron chi connectivity index (χ0n) is 11.7. The van der Waals surface area contributed by atoms with E-state index < -0.39 is 6.61 Å². The third kappa shape index (κ3) is 4.29. The molecule has 1 heterocycles. The standard InChI is InChI=1S/C14H18F2N2O3/c1-20-11-5-4-10(7-12(11)21-14(15)16)18-13(19)9-3-2-6-17-8-9/h4-5,7,9,14,17H,2-3,6,8H2,1H3,(H,18,19). The number of carbonyl (C=O) groups is 1. The van der Waals surface area contributed by atoms with Crippen molar-refractivity contribution in [2.75, 3.05) is 25.5 Å². The Morgan fingerprint density at radius 2 is 2.24 bits per heavy atom. The number of carbonyl (C=O) groups excluding carboxylic acids is 1. The van der Waals surface area contributed by atoms with Crippen LogP contribution in [-0.2, 0) is 4.79 Å². The van der Waals surface area contributed by atoms with Gasteiger partial charge in [0.25, 0.3) is 0 Å². The molecule has 0 radical (unpaired) electrons. The van der Waals surface area contributed by atoms with Crippen LogP contribution in [0.2, 0.25) is 0 Å². The number of nitrogens with one attached hydrogen (secondary N) is 2. The molecule has 2 N–H and O–H groups in total. The zero-order valence-corrected chi connectivity index (χ0v) is 11.7. The van der Waals surface area contributed by atoms with Crippen LogP contribution in [0.3, 0.4) is 0 Å². The molecule has 0 bridgehead atoms. The number of methoxy groups -OCH3 is 1. The van der Waals surface area contributed by atoms with Gasteiger partial charge in [0.15, 0.2) is 11.5 Å².